The minimum atomic E-state index is -0.500. The first-order valence-corrected chi connectivity index (χ1v) is 8.49. The molecule has 0 saturated heterocycles. The highest BCUT2D eigenvalue weighted by atomic mass is 79.9. The maximum absolute atomic E-state index is 12.7. The zero-order valence-corrected chi connectivity index (χ0v) is 15.6. The lowest BCUT2D eigenvalue weighted by Crippen LogP contribution is -2.29. The van der Waals surface area contributed by atoms with E-state index in [1.165, 1.54) is 7.11 Å². The van der Waals surface area contributed by atoms with Crippen molar-refractivity contribution in [3.8, 4) is 11.5 Å². The van der Waals surface area contributed by atoms with Gasteiger partial charge in [0.15, 0.2) is 11.5 Å². The number of hydrogen-bond acceptors (Lipinski definition) is 5. The number of amides is 2. The monoisotopic (exact) mass is 414 g/mol. The topological polar surface area (TPSA) is 79.2 Å². The number of aromatic hydroxyl groups is 1. The lowest BCUT2D eigenvalue weighted by molar-refractivity contribution is -0.123. The van der Waals surface area contributed by atoms with Gasteiger partial charge in [0.2, 0.25) is 0 Å². The van der Waals surface area contributed by atoms with Crippen LogP contribution in [0, 0.1) is 0 Å². The summed E-state index contributed by atoms with van der Waals surface area (Å²) in [5, 5.41) is 14.9. The lowest BCUT2D eigenvalue weighted by Gasteiger charge is -2.10. The molecule has 0 spiro atoms. The number of methoxy groups -OCH3 is 1. The highest BCUT2D eigenvalue weighted by Crippen LogP contribution is 2.36. The normalized spacial score (nSPS) is 15.3. The third-order valence-corrected chi connectivity index (χ3v) is 4.46. The third-order valence-electron chi connectivity index (χ3n) is 3.86. The van der Waals surface area contributed by atoms with E-state index in [2.05, 4.69) is 21.0 Å². The standard InChI is InChI=1S/C19H15BrN2O4/c1-11-14(8-12-9-15(20)17(23)16(10-12)26-2)19(25)22(21-11)18(24)13-6-4-3-5-7-13/h3-10,23H,1-2H3/b14-8+. The van der Waals surface area contributed by atoms with Gasteiger partial charge in [-0.3, -0.25) is 9.59 Å². The number of halogens is 1. The molecule has 6 nitrogen and oxygen atoms in total. The number of phenolic OH excluding ortho intramolecular Hbond substituents is 1. The second-order valence-corrected chi connectivity index (χ2v) is 6.44. The highest BCUT2D eigenvalue weighted by molar-refractivity contribution is 9.10. The van der Waals surface area contributed by atoms with Crippen molar-refractivity contribution in [3.63, 3.8) is 0 Å². The van der Waals surface area contributed by atoms with Crippen LogP contribution in [-0.2, 0) is 4.79 Å². The number of imide groups is 1. The highest BCUT2D eigenvalue weighted by Gasteiger charge is 2.33. The molecule has 0 fully saturated rings. The Morgan fingerprint density at radius 2 is 1.96 bits per heavy atom. The van der Waals surface area contributed by atoms with Crippen LogP contribution in [0.4, 0.5) is 0 Å². The van der Waals surface area contributed by atoms with E-state index in [1.807, 2.05) is 0 Å². The third kappa shape index (κ3) is 3.25. The number of nitrogens with zero attached hydrogens (tertiary/aromatic N) is 2. The number of phenols is 1. The molecule has 1 aliphatic heterocycles. The molecule has 26 heavy (non-hydrogen) atoms. The molecular formula is C19H15BrN2O4. The van der Waals surface area contributed by atoms with Crippen molar-refractivity contribution in [3.05, 3.63) is 63.6 Å². The molecule has 3 rings (SSSR count). The maximum Gasteiger partial charge on any atom is 0.283 e. The summed E-state index contributed by atoms with van der Waals surface area (Å²) in [6.45, 7) is 1.66. The molecule has 2 amide bonds. The molecule has 0 bridgehead atoms. The summed E-state index contributed by atoms with van der Waals surface area (Å²) in [5.74, 6) is -0.746. The summed E-state index contributed by atoms with van der Waals surface area (Å²) in [6.07, 6.45) is 1.60. The van der Waals surface area contributed by atoms with Crippen LogP contribution in [0.5, 0.6) is 11.5 Å². The van der Waals surface area contributed by atoms with Crippen LogP contribution in [0.1, 0.15) is 22.8 Å². The minimum absolute atomic E-state index is 0.0290. The molecule has 7 heteroatoms. The van der Waals surface area contributed by atoms with Crippen molar-refractivity contribution in [2.24, 2.45) is 5.10 Å². The fourth-order valence-electron chi connectivity index (χ4n) is 2.52. The Morgan fingerprint density at radius 1 is 1.27 bits per heavy atom. The van der Waals surface area contributed by atoms with Crippen LogP contribution < -0.4 is 4.74 Å². The van der Waals surface area contributed by atoms with Crippen LogP contribution in [0.3, 0.4) is 0 Å². The molecule has 1 heterocycles. The van der Waals surface area contributed by atoms with Gasteiger partial charge < -0.3 is 9.84 Å². The number of rotatable bonds is 3. The van der Waals surface area contributed by atoms with E-state index < -0.39 is 11.8 Å². The van der Waals surface area contributed by atoms with Crippen molar-refractivity contribution >= 4 is 39.5 Å². The first-order valence-electron chi connectivity index (χ1n) is 7.70. The van der Waals surface area contributed by atoms with Crippen LogP contribution >= 0.6 is 15.9 Å². The summed E-state index contributed by atoms with van der Waals surface area (Å²) in [4.78, 5) is 25.2. The first-order chi connectivity index (χ1) is 12.4. The largest absolute Gasteiger partial charge is 0.503 e. The summed E-state index contributed by atoms with van der Waals surface area (Å²) in [7, 11) is 1.44. The van der Waals surface area contributed by atoms with Gasteiger partial charge in [-0.05, 0) is 58.8 Å². The predicted octanol–water partition coefficient (Wildman–Crippen LogP) is 3.61. The SMILES string of the molecule is COc1cc(/C=C2/C(=O)N(C(=O)c3ccccc3)N=C2C)cc(Br)c1O. The average molecular weight is 415 g/mol. The van der Waals surface area contributed by atoms with Gasteiger partial charge >= 0.3 is 0 Å². The van der Waals surface area contributed by atoms with Gasteiger partial charge in [-0.15, -0.1) is 0 Å². The number of carbonyl (C=O) groups excluding carboxylic acids is 2. The second-order valence-electron chi connectivity index (χ2n) is 5.59. The molecule has 2 aromatic carbocycles. The summed E-state index contributed by atoms with van der Waals surface area (Å²) in [6, 6.07) is 11.7. The van der Waals surface area contributed by atoms with E-state index in [-0.39, 0.29) is 11.5 Å². The summed E-state index contributed by atoms with van der Waals surface area (Å²) < 4.78 is 5.54. The van der Waals surface area contributed by atoms with Crippen LogP contribution in [0.15, 0.2) is 57.6 Å². The lowest BCUT2D eigenvalue weighted by atomic mass is 10.1. The number of ether oxygens (including phenoxy) is 1. The first kappa shape index (κ1) is 17.9. The fraction of sp³-hybridized carbons (Fsp3) is 0.105. The van der Waals surface area contributed by atoms with E-state index in [0.29, 0.717) is 26.9 Å². The Labute approximate surface area is 158 Å². The van der Waals surface area contributed by atoms with Crippen LogP contribution in [-0.4, -0.2) is 34.8 Å². The smallest absolute Gasteiger partial charge is 0.283 e. The van der Waals surface area contributed by atoms with Gasteiger partial charge in [0, 0.05) is 5.56 Å². The van der Waals surface area contributed by atoms with Crippen molar-refractivity contribution in [1.29, 1.82) is 0 Å². The van der Waals surface area contributed by atoms with Crippen molar-refractivity contribution in [2.75, 3.05) is 7.11 Å². The van der Waals surface area contributed by atoms with E-state index in [9.17, 15) is 14.7 Å². The maximum atomic E-state index is 12.7. The Hall–Kier alpha value is -2.93. The van der Waals surface area contributed by atoms with Crippen LogP contribution in [0.2, 0.25) is 0 Å². The zero-order chi connectivity index (χ0) is 18.8. The molecule has 1 N–H and O–H groups in total. The van der Waals surface area contributed by atoms with E-state index in [0.717, 1.165) is 5.01 Å². The summed E-state index contributed by atoms with van der Waals surface area (Å²) in [5.41, 5.74) is 1.74. The molecule has 0 saturated carbocycles. The van der Waals surface area contributed by atoms with Gasteiger partial charge in [-0.2, -0.15) is 10.1 Å². The molecule has 132 valence electrons. The van der Waals surface area contributed by atoms with Gasteiger partial charge in [-0.1, -0.05) is 18.2 Å². The van der Waals surface area contributed by atoms with Crippen molar-refractivity contribution in [1.82, 2.24) is 5.01 Å². The molecule has 0 unspecified atom stereocenters. The van der Waals surface area contributed by atoms with Gasteiger partial charge in [-0.25, -0.2) is 0 Å². The number of hydrogen-bond donors (Lipinski definition) is 1. The molecule has 0 aromatic heterocycles. The molecule has 2 aromatic rings. The van der Waals surface area contributed by atoms with E-state index in [1.54, 1.807) is 55.5 Å². The number of carbonyl (C=O) groups is 2. The van der Waals surface area contributed by atoms with Crippen molar-refractivity contribution in [2.45, 2.75) is 6.92 Å². The Morgan fingerprint density at radius 3 is 2.62 bits per heavy atom. The Balaban J connectivity index is 1.95. The van der Waals surface area contributed by atoms with E-state index in [4.69, 9.17) is 4.74 Å². The summed E-state index contributed by atoms with van der Waals surface area (Å²) >= 11 is 3.24. The number of hydrazone groups is 1. The average Bonchev–Trinajstić information content (AvgIpc) is 2.92. The van der Waals surface area contributed by atoms with Gasteiger partial charge in [0.1, 0.15) is 0 Å². The van der Waals surface area contributed by atoms with Gasteiger partial charge in [0.25, 0.3) is 11.8 Å². The van der Waals surface area contributed by atoms with Crippen LogP contribution in [0.25, 0.3) is 6.08 Å². The quantitative estimate of drug-likeness (QED) is 0.614. The Kier molecular flexibility index (Phi) is 4.90. The molecular weight excluding hydrogens is 400 g/mol. The minimum Gasteiger partial charge on any atom is -0.503 e. The molecule has 1 aliphatic rings. The molecule has 0 aliphatic carbocycles. The van der Waals surface area contributed by atoms with Gasteiger partial charge in [0.05, 0.1) is 22.9 Å². The molecule has 0 atom stereocenters. The second kappa shape index (κ2) is 7.13. The fourth-order valence-corrected chi connectivity index (χ4v) is 2.98. The predicted molar refractivity (Wildman–Crippen MR) is 101 cm³/mol. The number of benzene rings is 2. The van der Waals surface area contributed by atoms with Crippen molar-refractivity contribution < 1.29 is 19.4 Å². The van der Waals surface area contributed by atoms with E-state index >= 15 is 0 Å². The Bertz CT molecular complexity index is 952. The molecule has 0 radical (unpaired) electrons. The zero-order valence-electron chi connectivity index (χ0n) is 14.1.